The molecule has 0 saturated heterocycles. The van der Waals surface area contributed by atoms with E-state index in [1.807, 2.05) is 37.1 Å². The van der Waals surface area contributed by atoms with Crippen molar-refractivity contribution in [1.82, 2.24) is 9.80 Å². The van der Waals surface area contributed by atoms with E-state index in [1.54, 1.807) is 18.7 Å². The van der Waals surface area contributed by atoms with E-state index < -0.39 is 5.60 Å². The molecule has 4 nitrogen and oxygen atoms in total. The van der Waals surface area contributed by atoms with E-state index in [1.165, 1.54) is 5.56 Å². The van der Waals surface area contributed by atoms with Gasteiger partial charge in [0.05, 0.1) is 12.1 Å². The lowest BCUT2D eigenvalue weighted by Gasteiger charge is -2.29. The summed E-state index contributed by atoms with van der Waals surface area (Å²) in [7, 11) is 1.93. The lowest BCUT2D eigenvalue weighted by atomic mass is 10.1. The summed E-state index contributed by atoms with van der Waals surface area (Å²) in [4.78, 5) is 15.9. The van der Waals surface area contributed by atoms with Gasteiger partial charge in [-0.25, -0.2) is 0 Å². The molecular weight excluding hydrogens is 252 g/mol. The first-order valence-electron chi connectivity index (χ1n) is 7.04. The molecule has 1 N–H and O–H groups in total. The zero-order chi connectivity index (χ0) is 15.2. The Morgan fingerprint density at radius 1 is 1.25 bits per heavy atom. The summed E-state index contributed by atoms with van der Waals surface area (Å²) < 4.78 is 0. The van der Waals surface area contributed by atoms with Gasteiger partial charge in [0.15, 0.2) is 0 Å². The Morgan fingerprint density at radius 2 is 1.85 bits per heavy atom. The predicted molar refractivity (Wildman–Crippen MR) is 81.3 cm³/mol. The molecule has 0 aliphatic heterocycles. The van der Waals surface area contributed by atoms with Gasteiger partial charge in [0, 0.05) is 19.6 Å². The summed E-state index contributed by atoms with van der Waals surface area (Å²) in [5.41, 5.74) is 0.331. The van der Waals surface area contributed by atoms with Crippen LogP contribution in [0.5, 0.6) is 0 Å². The third-order valence-corrected chi connectivity index (χ3v) is 3.01. The van der Waals surface area contributed by atoms with Crippen LogP contribution in [-0.4, -0.2) is 53.1 Å². The molecule has 0 spiro atoms. The third kappa shape index (κ3) is 6.17. The zero-order valence-electron chi connectivity index (χ0n) is 13.0. The van der Waals surface area contributed by atoms with Crippen LogP contribution in [0.1, 0.15) is 26.3 Å². The number of carbonyl (C=O) groups excluding carboxylic acids is 1. The molecule has 1 amide bonds. The lowest BCUT2D eigenvalue weighted by molar-refractivity contribution is -0.134. The van der Waals surface area contributed by atoms with Crippen molar-refractivity contribution in [3.63, 3.8) is 0 Å². The molecule has 0 aromatic heterocycles. The summed E-state index contributed by atoms with van der Waals surface area (Å²) in [5.74, 6) is 0.0491. The molecule has 0 radical (unpaired) electrons. The van der Waals surface area contributed by atoms with Crippen molar-refractivity contribution in [3.8, 4) is 0 Å². The Morgan fingerprint density at radius 3 is 2.35 bits per heavy atom. The first kappa shape index (κ1) is 16.7. The molecule has 0 saturated carbocycles. The van der Waals surface area contributed by atoms with E-state index in [4.69, 9.17) is 0 Å². The van der Waals surface area contributed by atoms with E-state index in [2.05, 4.69) is 12.1 Å². The Labute approximate surface area is 122 Å². The summed E-state index contributed by atoms with van der Waals surface area (Å²) in [6.45, 7) is 7.45. The maximum Gasteiger partial charge on any atom is 0.236 e. The van der Waals surface area contributed by atoms with Crippen molar-refractivity contribution in [2.24, 2.45) is 0 Å². The van der Waals surface area contributed by atoms with Crippen LogP contribution in [0.25, 0.3) is 0 Å². The molecule has 0 aliphatic rings. The molecule has 0 bridgehead atoms. The van der Waals surface area contributed by atoms with Crippen molar-refractivity contribution < 1.29 is 9.90 Å². The fraction of sp³-hybridized carbons (Fsp3) is 0.562. The van der Waals surface area contributed by atoms with Crippen LogP contribution in [0, 0.1) is 0 Å². The van der Waals surface area contributed by atoms with Gasteiger partial charge in [0.2, 0.25) is 5.91 Å². The van der Waals surface area contributed by atoms with Crippen molar-refractivity contribution in [2.75, 3.05) is 26.7 Å². The van der Waals surface area contributed by atoms with Crippen molar-refractivity contribution in [3.05, 3.63) is 35.9 Å². The molecular formula is C16H26N2O2. The van der Waals surface area contributed by atoms with Gasteiger partial charge < -0.3 is 10.0 Å². The highest BCUT2D eigenvalue weighted by atomic mass is 16.3. The minimum atomic E-state index is -0.857. The lowest BCUT2D eigenvalue weighted by Crippen LogP contribution is -2.45. The number of aliphatic hydroxyl groups is 1. The minimum Gasteiger partial charge on any atom is -0.389 e. The van der Waals surface area contributed by atoms with Gasteiger partial charge in [-0.15, -0.1) is 0 Å². The first-order valence-corrected chi connectivity index (χ1v) is 7.04. The minimum absolute atomic E-state index is 0.0491. The summed E-state index contributed by atoms with van der Waals surface area (Å²) in [5, 5.41) is 9.83. The van der Waals surface area contributed by atoms with Gasteiger partial charge >= 0.3 is 0 Å². The SMILES string of the molecule is CCN(CC(C)(C)O)C(=O)CN(C)Cc1ccccc1. The number of nitrogens with zero attached hydrogens (tertiary/aromatic N) is 2. The first-order chi connectivity index (χ1) is 9.31. The maximum absolute atomic E-state index is 12.2. The number of rotatable bonds is 7. The topological polar surface area (TPSA) is 43.8 Å². The van der Waals surface area contributed by atoms with E-state index in [0.29, 0.717) is 19.6 Å². The average molecular weight is 278 g/mol. The van der Waals surface area contributed by atoms with Crippen LogP contribution in [-0.2, 0) is 11.3 Å². The maximum atomic E-state index is 12.2. The summed E-state index contributed by atoms with van der Waals surface area (Å²) in [6, 6.07) is 10.1. The number of amides is 1. The molecule has 1 aromatic rings. The highest BCUT2D eigenvalue weighted by Crippen LogP contribution is 2.07. The van der Waals surface area contributed by atoms with Gasteiger partial charge in [0.1, 0.15) is 0 Å². The van der Waals surface area contributed by atoms with Gasteiger partial charge in [-0.2, -0.15) is 0 Å². The molecule has 0 atom stereocenters. The predicted octanol–water partition coefficient (Wildman–Crippen LogP) is 1.74. The van der Waals surface area contributed by atoms with Crippen molar-refractivity contribution >= 4 is 5.91 Å². The Kier molecular flexibility index (Phi) is 6.17. The molecule has 1 rings (SSSR count). The molecule has 0 aliphatic carbocycles. The van der Waals surface area contributed by atoms with Crippen LogP contribution < -0.4 is 0 Å². The molecule has 0 fully saturated rings. The second-order valence-electron chi connectivity index (χ2n) is 5.88. The number of hydrogen-bond donors (Lipinski definition) is 1. The largest absolute Gasteiger partial charge is 0.389 e. The second-order valence-corrected chi connectivity index (χ2v) is 5.88. The Hall–Kier alpha value is -1.39. The fourth-order valence-electron chi connectivity index (χ4n) is 2.13. The van der Waals surface area contributed by atoms with E-state index in [-0.39, 0.29) is 5.91 Å². The van der Waals surface area contributed by atoms with Gasteiger partial charge in [-0.05, 0) is 33.4 Å². The number of hydrogen-bond acceptors (Lipinski definition) is 3. The number of likely N-dealkylation sites (N-methyl/N-ethyl adjacent to an activating group) is 2. The third-order valence-electron chi connectivity index (χ3n) is 3.01. The molecule has 112 valence electrons. The van der Waals surface area contributed by atoms with Crippen LogP contribution in [0.2, 0.25) is 0 Å². The highest BCUT2D eigenvalue weighted by Gasteiger charge is 2.21. The Bertz CT molecular complexity index is 412. The molecule has 1 aromatic carbocycles. The number of benzene rings is 1. The molecule has 4 heteroatoms. The van der Waals surface area contributed by atoms with E-state index in [0.717, 1.165) is 6.54 Å². The average Bonchev–Trinajstić information content (AvgIpc) is 2.35. The van der Waals surface area contributed by atoms with Crippen LogP contribution in [0.3, 0.4) is 0 Å². The molecule has 0 heterocycles. The van der Waals surface area contributed by atoms with Crippen molar-refractivity contribution in [2.45, 2.75) is 32.9 Å². The summed E-state index contributed by atoms with van der Waals surface area (Å²) >= 11 is 0. The van der Waals surface area contributed by atoms with Crippen LogP contribution in [0.4, 0.5) is 0 Å². The van der Waals surface area contributed by atoms with Crippen LogP contribution >= 0.6 is 0 Å². The second kappa shape index (κ2) is 7.41. The number of carbonyl (C=O) groups is 1. The monoisotopic (exact) mass is 278 g/mol. The molecule has 0 unspecified atom stereocenters. The smallest absolute Gasteiger partial charge is 0.236 e. The van der Waals surface area contributed by atoms with Crippen molar-refractivity contribution in [1.29, 1.82) is 0 Å². The fourth-order valence-corrected chi connectivity index (χ4v) is 2.13. The molecule has 20 heavy (non-hydrogen) atoms. The highest BCUT2D eigenvalue weighted by molar-refractivity contribution is 5.78. The van der Waals surface area contributed by atoms with E-state index >= 15 is 0 Å². The quantitative estimate of drug-likeness (QED) is 0.826. The summed E-state index contributed by atoms with van der Waals surface area (Å²) in [6.07, 6.45) is 0. The van der Waals surface area contributed by atoms with E-state index in [9.17, 15) is 9.90 Å². The standard InChI is InChI=1S/C16H26N2O2/c1-5-18(13-16(2,3)20)15(19)12-17(4)11-14-9-7-6-8-10-14/h6-10,20H,5,11-13H2,1-4H3. The zero-order valence-corrected chi connectivity index (χ0v) is 13.0. The van der Waals surface area contributed by atoms with Gasteiger partial charge in [0.25, 0.3) is 0 Å². The van der Waals surface area contributed by atoms with Crippen LogP contribution in [0.15, 0.2) is 30.3 Å². The Balaban J connectivity index is 2.51. The van der Waals surface area contributed by atoms with Gasteiger partial charge in [-0.3, -0.25) is 9.69 Å². The normalized spacial score (nSPS) is 11.7. The van der Waals surface area contributed by atoms with Gasteiger partial charge in [-0.1, -0.05) is 30.3 Å².